The third-order valence-electron chi connectivity index (χ3n) is 7.97. The van der Waals surface area contributed by atoms with Crippen LogP contribution in [-0.4, -0.2) is 9.97 Å². The van der Waals surface area contributed by atoms with Gasteiger partial charge in [0, 0.05) is 16.7 Å². The average Bonchev–Trinajstić information content (AvgIpc) is 3.15. The van der Waals surface area contributed by atoms with Crippen LogP contribution in [0.25, 0.3) is 67.3 Å². The maximum absolute atomic E-state index is 9.38. The van der Waals surface area contributed by atoms with Crippen LogP contribution in [0.1, 0.15) is 11.1 Å². The van der Waals surface area contributed by atoms with Gasteiger partial charge in [0.25, 0.3) is 0 Å². The Labute approximate surface area is 268 Å². The fourth-order valence-electron chi connectivity index (χ4n) is 5.51. The zero-order valence-corrected chi connectivity index (χ0v) is 24.8. The Morgan fingerprint density at radius 1 is 0.326 bits per heavy atom. The molecular formula is C42H26N4. The van der Waals surface area contributed by atoms with E-state index < -0.39 is 0 Å². The van der Waals surface area contributed by atoms with E-state index in [4.69, 9.17) is 9.97 Å². The lowest BCUT2D eigenvalue weighted by molar-refractivity contribution is 1.18. The molecule has 0 N–H and O–H groups in total. The van der Waals surface area contributed by atoms with Crippen LogP contribution in [0, 0.1) is 22.7 Å². The highest BCUT2D eigenvalue weighted by Crippen LogP contribution is 2.35. The zero-order valence-electron chi connectivity index (χ0n) is 24.8. The summed E-state index contributed by atoms with van der Waals surface area (Å²) in [6, 6.07) is 56.9. The van der Waals surface area contributed by atoms with Gasteiger partial charge in [0.15, 0.2) is 5.82 Å². The predicted octanol–water partition coefficient (Wildman–Crippen LogP) is 10.2. The molecule has 6 aromatic carbocycles. The Balaban J connectivity index is 1.38. The smallest absolute Gasteiger partial charge is 0.160 e. The van der Waals surface area contributed by atoms with Crippen molar-refractivity contribution >= 4 is 0 Å². The molecule has 4 nitrogen and oxygen atoms in total. The molecule has 0 aliphatic carbocycles. The van der Waals surface area contributed by atoms with Crippen molar-refractivity contribution in [3.05, 3.63) is 169 Å². The van der Waals surface area contributed by atoms with Crippen LogP contribution in [0.5, 0.6) is 0 Å². The average molecular weight is 587 g/mol. The molecule has 4 heteroatoms. The third-order valence-corrected chi connectivity index (χ3v) is 7.97. The van der Waals surface area contributed by atoms with E-state index in [1.807, 2.05) is 97.1 Å². The van der Waals surface area contributed by atoms with Crippen LogP contribution in [0.4, 0.5) is 0 Å². The summed E-state index contributed by atoms with van der Waals surface area (Å²) in [5, 5.41) is 18.5. The first-order valence-corrected chi connectivity index (χ1v) is 14.9. The summed E-state index contributed by atoms with van der Waals surface area (Å²) in [6.07, 6.45) is 0. The number of hydrogen-bond acceptors (Lipinski definition) is 4. The number of hydrogen-bond donors (Lipinski definition) is 0. The van der Waals surface area contributed by atoms with E-state index in [0.717, 1.165) is 61.5 Å². The minimum atomic E-state index is 0.620. The van der Waals surface area contributed by atoms with Crippen molar-refractivity contribution in [1.82, 2.24) is 9.97 Å². The van der Waals surface area contributed by atoms with Gasteiger partial charge in [-0.05, 0) is 81.9 Å². The van der Waals surface area contributed by atoms with E-state index in [2.05, 4.69) is 72.8 Å². The number of nitriles is 2. The Morgan fingerprint density at radius 2 is 0.696 bits per heavy atom. The van der Waals surface area contributed by atoms with E-state index in [-0.39, 0.29) is 0 Å². The summed E-state index contributed by atoms with van der Waals surface area (Å²) in [6.45, 7) is 0. The molecule has 0 atom stereocenters. The van der Waals surface area contributed by atoms with Gasteiger partial charge in [-0.3, -0.25) is 0 Å². The molecule has 0 saturated carbocycles. The Kier molecular flexibility index (Phi) is 7.68. The maximum Gasteiger partial charge on any atom is 0.160 e. The first-order valence-electron chi connectivity index (χ1n) is 14.9. The monoisotopic (exact) mass is 586 g/mol. The van der Waals surface area contributed by atoms with E-state index >= 15 is 0 Å². The third kappa shape index (κ3) is 5.92. The molecule has 0 aliphatic heterocycles. The van der Waals surface area contributed by atoms with Crippen LogP contribution in [0.2, 0.25) is 0 Å². The standard InChI is InChI=1S/C42H26N4/c43-27-29-11-15-31(16-12-29)32-19-21-34(22-20-32)38-23-37(33-17-13-30(28-44)14-18-33)24-39(25-38)41-26-40(35-7-3-1-4-8-35)45-42(46-41)36-9-5-2-6-10-36/h1-26H. The second-order valence-corrected chi connectivity index (χ2v) is 10.9. The van der Waals surface area contributed by atoms with E-state index in [1.54, 1.807) is 0 Å². The van der Waals surface area contributed by atoms with Crippen LogP contribution in [0.15, 0.2) is 158 Å². The Morgan fingerprint density at radius 3 is 1.15 bits per heavy atom. The van der Waals surface area contributed by atoms with Crippen molar-refractivity contribution < 1.29 is 0 Å². The number of nitrogens with zero attached hydrogens (tertiary/aromatic N) is 4. The molecule has 1 heterocycles. The fourth-order valence-corrected chi connectivity index (χ4v) is 5.51. The van der Waals surface area contributed by atoms with Crippen molar-refractivity contribution in [2.45, 2.75) is 0 Å². The molecule has 214 valence electrons. The van der Waals surface area contributed by atoms with Crippen LogP contribution in [-0.2, 0) is 0 Å². The van der Waals surface area contributed by atoms with E-state index in [0.29, 0.717) is 17.0 Å². The van der Waals surface area contributed by atoms with E-state index in [1.165, 1.54) is 0 Å². The number of rotatable bonds is 6. The molecule has 0 radical (unpaired) electrons. The molecule has 0 saturated heterocycles. The van der Waals surface area contributed by atoms with Crippen LogP contribution < -0.4 is 0 Å². The van der Waals surface area contributed by atoms with Gasteiger partial charge in [0.1, 0.15) is 0 Å². The SMILES string of the molecule is N#Cc1ccc(-c2ccc(-c3cc(-c4ccc(C#N)cc4)cc(-c4cc(-c5ccccc5)nc(-c5ccccc5)n4)c3)cc2)cc1. The molecule has 0 amide bonds. The van der Waals surface area contributed by atoms with Gasteiger partial charge in [-0.2, -0.15) is 10.5 Å². The number of benzene rings is 6. The van der Waals surface area contributed by atoms with Crippen molar-refractivity contribution in [1.29, 1.82) is 10.5 Å². The summed E-state index contributed by atoms with van der Waals surface area (Å²) >= 11 is 0. The zero-order chi connectivity index (χ0) is 31.3. The van der Waals surface area contributed by atoms with Crippen molar-refractivity contribution in [2.75, 3.05) is 0 Å². The van der Waals surface area contributed by atoms with Crippen LogP contribution in [0.3, 0.4) is 0 Å². The molecule has 0 unspecified atom stereocenters. The molecule has 46 heavy (non-hydrogen) atoms. The van der Waals surface area contributed by atoms with Crippen molar-refractivity contribution in [3.63, 3.8) is 0 Å². The molecule has 7 aromatic rings. The number of aromatic nitrogens is 2. The quantitative estimate of drug-likeness (QED) is 0.194. The van der Waals surface area contributed by atoms with E-state index in [9.17, 15) is 10.5 Å². The summed E-state index contributed by atoms with van der Waals surface area (Å²) in [4.78, 5) is 10.1. The maximum atomic E-state index is 9.38. The Bertz CT molecular complexity index is 2170. The molecule has 0 spiro atoms. The lowest BCUT2D eigenvalue weighted by atomic mass is 9.93. The largest absolute Gasteiger partial charge is 0.228 e. The van der Waals surface area contributed by atoms with Crippen LogP contribution >= 0.6 is 0 Å². The molecular weight excluding hydrogens is 560 g/mol. The lowest BCUT2D eigenvalue weighted by Crippen LogP contribution is -1.96. The van der Waals surface area contributed by atoms with Gasteiger partial charge in [-0.15, -0.1) is 0 Å². The topological polar surface area (TPSA) is 73.4 Å². The Hall–Kier alpha value is -6.62. The predicted molar refractivity (Wildman–Crippen MR) is 184 cm³/mol. The molecule has 0 fully saturated rings. The highest BCUT2D eigenvalue weighted by Gasteiger charge is 2.14. The van der Waals surface area contributed by atoms with Gasteiger partial charge >= 0.3 is 0 Å². The summed E-state index contributed by atoms with van der Waals surface area (Å²) in [7, 11) is 0. The van der Waals surface area contributed by atoms with Crippen molar-refractivity contribution in [2.24, 2.45) is 0 Å². The highest BCUT2D eigenvalue weighted by atomic mass is 14.9. The second kappa shape index (κ2) is 12.5. The highest BCUT2D eigenvalue weighted by molar-refractivity contribution is 5.83. The summed E-state index contributed by atoms with van der Waals surface area (Å²) < 4.78 is 0. The lowest BCUT2D eigenvalue weighted by Gasteiger charge is -2.13. The van der Waals surface area contributed by atoms with Gasteiger partial charge in [-0.25, -0.2) is 9.97 Å². The molecule has 0 bridgehead atoms. The first kappa shape index (κ1) is 28.2. The molecule has 1 aromatic heterocycles. The van der Waals surface area contributed by atoms with Gasteiger partial charge in [0.05, 0.1) is 34.7 Å². The van der Waals surface area contributed by atoms with Gasteiger partial charge in [-0.1, -0.05) is 109 Å². The van der Waals surface area contributed by atoms with Gasteiger partial charge < -0.3 is 0 Å². The fraction of sp³-hybridized carbons (Fsp3) is 0. The summed E-state index contributed by atoms with van der Waals surface area (Å²) in [5.74, 6) is 0.661. The summed E-state index contributed by atoms with van der Waals surface area (Å²) in [5.41, 5.74) is 12.1. The minimum Gasteiger partial charge on any atom is -0.228 e. The van der Waals surface area contributed by atoms with Gasteiger partial charge in [0.2, 0.25) is 0 Å². The second-order valence-electron chi connectivity index (χ2n) is 10.9. The molecule has 0 aliphatic rings. The van der Waals surface area contributed by atoms with Crippen molar-refractivity contribution in [3.8, 4) is 79.4 Å². The normalized spacial score (nSPS) is 10.6. The minimum absolute atomic E-state index is 0.620. The molecule has 7 rings (SSSR count). The first-order chi connectivity index (χ1) is 22.7.